The minimum atomic E-state index is -0.294. The summed E-state index contributed by atoms with van der Waals surface area (Å²) in [7, 11) is 3.31. The number of esters is 1. The van der Waals surface area contributed by atoms with Crippen molar-refractivity contribution in [1.29, 1.82) is 0 Å². The molecule has 0 amide bonds. The van der Waals surface area contributed by atoms with Gasteiger partial charge in [0.15, 0.2) is 0 Å². The Morgan fingerprint density at radius 3 is 2.53 bits per heavy atom. The first-order valence-electron chi connectivity index (χ1n) is 5.51. The number of benzene rings is 2. The van der Waals surface area contributed by atoms with Crippen molar-refractivity contribution in [2.24, 2.45) is 0 Å². The minimum absolute atomic E-state index is 0.294. The highest BCUT2D eigenvalue weighted by Crippen LogP contribution is 2.23. The zero-order valence-corrected chi connectivity index (χ0v) is 9.99. The van der Waals surface area contributed by atoms with Crippen LogP contribution < -0.4 is 5.32 Å². The molecular weight excluding hydrogens is 214 g/mol. The van der Waals surface area contributed by atoms with Gasteiger partial charge in [-0.1, -0.05) is 30.3 Å². The van der Waals surface area contributed by atoms with Crippen molar-refractivity contribution >= 4 is 16.7 Å². The molecule has 0 bridgehead atoms. The van der Waals surface area contributed by atoms with E-state index in [-0.39, 0.29) is 5.97 Å². The predicted octanol–water partition coefficient (Wildman–Crippen LogP) is 2.35. The Hall–Kier alpha value is -1.87. The first kappa shape index (κ1) is 11.6. The molecule has 0 aliphatic rings. The van der Waals surface area contributed by atoms with Crippen molar-refractivity contribution in [3.8, 4) is 0 Å². The van der Waals surface area contributed by atoms with E-state index in [1.54, 1.807) is 0 Å². The fraction of sp³-hybridized carbons (Fsp3) is 0.214. The molecule has 0 saturated heterocycles. The highest BCUT2D eigenvalue weighted by atomic mass is 16.5. The summed E-state index contributed by atoms with van der Waals surface area (Å²) in [5.41, 5.74) is 1.79. The molecule has 0 atom stereocenters. The summed E-state index contributed by atoms with van der Waals surface area (Å²) in [6.45, 7) is 0.780. The van der Waals surface area contributed by atoms with Crippen molar-refractivity contribution in [2.75, 3.05) is 14.2 Å². The van der Waals surface area contributed by atoms with Crippen LogP contribution in [-0.4, -0.2) is 20.1 Å². The number of carbonyl (C=O) groups is 1. The van der Waals surface area contributed by atoms with E-state index < -0.39 is 0 Å². The topological polar surface area (TPSA) is 38.3 Å². The number of carbonyl (C=O) groups excluding carboxylic acids is 1. The number of nitrogens with one attached hydrogen (secondary N) is 1. The molecule has 0 radical (unpaired) electrons. The van der Waals surface area contributed by atoms with Crippen LogP contribution in [-0.2, 0) is 11.3 Å². The molecule has 0 unspecified atom stereocenters. The lowest BCUT2D eigenvalue weighted by atomic mass is 9.99. The monoisotopic (exact) mass is 229 g/mol. The summed E-state index contributed by atoms with van der Waals surface area (Å²) in [6, 6.07) is 11.7. The molecule has 2 aromatic carbocycles. The van der Waals surface area contributed by atoms with E-state index in [0.29, 0.717) is 5.56 Å². The van der Waals surface area contributed by atoms with Crippen LogP contribution in [0, 0.1) is 0 Å². The second-order valence-electron chi connectivity index (χ2n) is 3.84. The first-order chi connectivity index (χ1) is 8.27. The lowest BCUT2D eigenvalue weighted by molar-refractivity contribution is 0.0603. The molecule has 88 valence electrons. The molecule has 2 aromatic rings. The summed E-state index contributed by atoms with van der Waals surface area (Å²) in [5.74, 6) is -0.294. The second kappa shape index (κ2) is 4.97. The number of fused-ring (bicyclic) bond motifs is 1. The third kappa shape index (κ3) is 2.15. The van der Waals surface area contributed by atoms with E-state index >= 15 is 0 Å². The van der Waals surface area contributed by atoms with Gasteiger partial charge in [0.1, 0.15) is 0 Å². The Bertz CT molecular complexity index is 549. The molecule has 0 aliphatic carbocycles. The Morgan fingerprint density at radius 1 is 1.18 bits per heavy atom. The fourth-order valence-electron chi connectivity index (χ4n) is 1.99. The third-order valence-electron chi connectivity index (χ3n) is 2.79. The second-order valence-corrected chi connectivity index (χ2v) is 3.84. The number of ether oxygens (including phenoxy) is 1. The largest absolute Gasteiger partial charge is 0.465 e. The molecule has 1 N–H and O–H groups in total. The van der Waals surface area contributed by atoms with Crippen LogP contribution >= 0.6 is 0 Å². The summed E-state index contributed by atoms with van der Waals surface area (Å²) in [4.78, 5) is 11.7. The maximum absolute atomic E-state index is 11.7. The van der Waals surface area contributed by atoms with Crippen LogP contribution in [0.5, 0.6) is 0 Å². The van der Waals surface area contributed by atoms with Gasteiger partial charge in [0, 0.05) is 6.54 Å². The Morgan fingerprint density at radius 2 is 1.88 bits per heavy atom. The van der Waals surface area contributed by atoms with Gasteiger partial charge in [0.2, 0.25) is 0 Å². The van der Waals surface area contributed by atoms with Crippen LogP contribution in [0.2, 0.25) is 0 Å². The van der Waals surface area contributed by atoms with Crippen LogP contribution in [0.25, 0.3) is 10.8 Å². The first-order valence-corrected chi connectivity index (χ1v) is 5.51. The van der Waals surface area contributed by atoms with E-state index in [4.69, 9.17) is 4.74 Å². The van der Waals surface area contributed by atoms with Crippen LogP contribution in [0.3, 0.4) is 0 Å². The fourth-order valence-corrected chi connectivity index (χ4v) is 1.99. The number of methoxy groups -OCH3 is 1. The van der Waals surface area contributed by atoms with Crippen molar-refractivity contribution in [3.05, 3.63) is 47.5 Å². The van der Waals surface area contributed by atoms with Crippen LogP contribution in [0.1, 0.15) is 15.9 Å². The number of hydrogen-bond acceptors (Lipinski definition) is 3. The molecule has 0 heterocycles. The summed E-state index contributed by atoms with van der Waals surface area (Å²) in [6.07, 6.45) is 0. The van der Waals surface area contributed by atoms with E-state index in [0.717, 1.165) is 17.3 Å². The van der Waals surface area contributed by atoms with Gasteiger partial charge in [-0.05, 0) is 29.4 Å². The zero-order valence-electron chi connectivity index (χ0n) is 9.99. The molecule has 17 heavy (non-hydrogen) atoms. The molecule has 0 saturated carbocycles. The molecular formula is C14H15NO2. The van der Waals surface area contributed by atoms with Gasteiger partial charge in [-0.15, -0.1) is 0 Å². The lowest BCUT2D eigenvalue weighted by Crippen LogP contribution is -2.07. The third-order valence-corrected chi connectivity index (χ3v) is 2.79. The number of rotatable bonds is 3. The summed E-state index contributed by atoms with van der Waals surface area (Å²) < 4.78 is 4.79. The normalized spacial score (nSPS) is 10.5. The molecule has 3 nitrogen and oxygen atoms in total. The average Bonchev–Trinajstić information content (AvgIpc) is 2.38. The average molecular weight is 229 g/mol. The molecule has 0 fully saturated rings. The van der Waals surface area contributed by atoms with E-state index in [1.807, 2.05) is 43.4 Å². The van der Waals surface area contributed by atoms with Crippen LogP contribution in [0.15, 0.2) is 36.4 Å². The van der Waals surface area contributed by atoms with Gasteiger partial charge in [-0.25, -0.2) is 4.79 Å². The Labute approximate surface area is 100 Å². The summed E-state index contributed by atoms with van der Waals surface area (Å²) >= 11 is 0. The minimum Gasteiger partial charge on any atom is -0.465 e. The van der Waals surface area contributed by atoms with Gasteiger partial charge in [0.25, 0.3) is 0 Å². The maximum atomic E-state index is 11.7. The Balaban J connectivity index is 2.66. The van der Waals surface area contributed by atoms with Gasteiger partial charge in [-0.3, -0.25) is 0 Å². The maximum Gasteiger partial charge on any atom is 0.338 e. The number of hydrogen-bond donors (Lipinski definition) is 1. The standard InChI is InChI=1S/C14H15NO2/c1-15-9-10-7-8-13(14(16)17-2)12-6-4-3-5-11(10)12/h3-8,15H,9H2,1-2H3. The molecule has 2 rings (SSSR count). The van der Waals surface area contributed by atoms with Crippen molar-refractivity contribution in [2.45, 2.75) is 6.54 Å². The van der Waals surface area contributed by atoms with E-state index in [9.17, 15) is 4.79 Å². The summed E-state index contributed by atoms with van der Waals surface area (Å²) in [5, 5.41) is 5.15. The van der Waals surface area contributed by atoms with E-state index in [2.05, 4.69) is 5.32 Å². The van der Waals surface area contributed by atoms with Crippen LogP contribution in [0.4, 0.5) is 0 Å². The zero-order chi connectivity index (χ0) is 12.3. The van der Waals surface area contributed by atoms with Crippen molar-refractivity contribution in [1.82, 2.24) is 5.32 Å². The van der Waals surface area contributed by atoms with Crippen molar-refractivity contribution in [3.63, 3.8) is 0 Å². The van der Waals surface area contributed by atoms with Gasteiger partial charge in [0.05, 0.1) is 12.7 Å². The Kier molecular flexibility index (Phi) is 3.40. The smallest absolute Gasteiger partial charge is 0.338 e. The van der Waals surface area contributed by atoms with Gasteiger partial charge < -0.3 is 10.1 Å². The van der Waals surface area contributed by atoms with E-state index in [1.165, 1.54) is 12.7 Å². The quantitative estimate of drug-likeness (QED) is 0.821. The van der Waals surface area contributed by atoms with Gasteiger partial charge >= 0.3 is 5.97 Å². The highest BCUT2D eigenvalue weighted by molar-refractivity contribution is 6.05. The molecule has 0 aromatic heterocycles. The molecule has 3 heteroatoms. The SMILES string of the molecule is CNCc1ccc(C(=O)OC)c2ccccc12. The lowest BCUT2D eigenvalue weighted by Gasteiger charge is -2.09. The highest BCUT2D eigenvalue weighted by Gasteiger charge is 2.11. The molecule has 0 aliphatic heterocycles. The van der Waals surface area contributed by atoms with Gasteiger partial charge in [-0.2, -0.15) is 0 Å². The van der Waals surface area contributed by atoms with Crippen molar-refractivity contribution < 1.29 is 9.53 Å². The molecule has 0 spiro atoms. The predicted molar refractivity (Wildman–Crippen MR) is 68.1 cm³/mol.